The Morgan fingerprint density at radius 2 is 1.84 bits per heavy atom. The van der Waals surface area contributed by atoms with Crippen LogP contribution < -0.4 is 5.32 Å². The van der Waals surface area contributed by atoms with Gasteiger partial charge < -0.3 is 5.32 Å². The smallest absolute Gasteiger partial charge is 0.251 e. The van der Waals surface area contributed by atoms with Gasteiger partial charge in [-0.1, -0.05) is 39.3 Å². The van der Waals surface area contributed by atoms with Gasteiger partial charge in [-0.05, 0) is 36.0 Å². The number of nitrogens with one attached hydrogen (secondary N) is 1. The fourth-order valence-corrected chi connectivity index (χ4v) is 2.31. The molecule has 0 fully saturated rings. The van der Waals surface area contributed by atoms with E-state index in [-0.39, 0.29) is 10.9 Å². The average Bonchev–Trinajstić information content (AvgIpc) is 2.31. The first-order valence-corrected chi connectivity index (χ1v) is 6.94. The Kier molecular flexibility index (Phi) is 5.80. The van der Waals surface area contributed by atoms with Gasteiger partial charge in [-0.2, -0.15) is 0 Å². The molecule has 0 aliphatic rings. The minimum Gasteiger partial charge on any atom is -0.352 e. The molecule has 1 aromatic carbocycles. The summed E-state index contributed by atoms with van der Waals surface area (Å²) in [5.74, 6) is 0.547. The van der Waals surface area contributed by atoms with Crippen LogP contribution in [0.3, 0.4) is 0 Å². The Hall–Kier alpha value is -1.09. The van der Waals surface area contributed by atoms with Crippen molar-refractivity contribution >= 4 is 17.5 Å². The van der Waals surface area contributed by atoms with Crippen LogP contribution in [0.2, 0.25) is 5.02 Å². The minimum absolute atomic E-state index is 0.0267. The summed E-state index contributed by atoms with van der Waals surface area (Å²) in [6, 6.07) is 4.09. The van der Waals surface area contributed by atoms with E-state index in [9.17, 15) is 9.18 Å². The van der Waals surface area contributed by atoms with Crippen LogP contribution in [0.15, 0.2) is 18.2 Å². The van der Waals surface area contributed by atoms with E-state index in [1.807, 2.05) is 0 Å². The van der Waals surface area contributed by atoms with Crippen molar-refractivity contribution in [1.29, 1.82) is 0 Å². The maximum atomic E-state index is 13.3. The minimum atomic E-state index is -0.571. The van der Waals surface area contributed by atoms with Crippen LogP contribution in [0, 0.1) is 23.6 Å². The number of carbonyl (C=O) groups excluding carboxylic acids is 1. The molecule has 0 aromatic heterocycles. The predicted octanol–water partition coefficient (Wildman–Crippen LogP) is 4.14. The largest absolute Gasteiger partial charge is 0.352 e. The van der Waals surface area contributed by atoms with E-state index in [0.717, 1.165) is 6.07 Å². The normalized spacial score (nSPS) is 11.4. The number of hydrogen-bond donors (Lipinski definition) is 1. The first-order chi connectivity index (χ1) is 8.82. The van der Waals surface area contributed by atoms with Gasteiger partial charge in [-0.25, -0.2) is 4.39 Å². The maximum Gasteiger partial charge on any atom is 0.251 e. The number of halogens is 2. The van der Waals surface area contributed by atoms with Gasteiger partial charge in [-0.15, -0.1) is 0 Å². The second kappa shape index (κ2) is 6.90. The first kappa shape index (κ1) is 16.0. The zero-order chi connectivity index (χ0) is 14.6. The second-order valence-electron chi connectivity index (χ2n) is 5.49. The third kappa shape index (κ3) is 4.50. The lowest BCUT2D eigenvalue weighted by molar-refractivity contribution is 0.0936. The molecule has 0 atom stereocenters. The highest BCUT2D eigenvalue weighted by atomic mass is 35.5. The van der Waals surface area contributed by atoms with Gasteiger partial charge in [0.1, 0.15) is 5.82 Å². The van der Waals surface area contributed by atoms with Crippen LogP contribution in [0.4, 0.5) is 4.39 Å². The lowest BCUT2D eigenvalue weighted by Gasteiger charge is -2.25. The Balaban J connectivity index is 2.66. The molecule has 0 heterocycles. The Bertz CT molecular complexity index is 438. The van der Waals surface area contributed by atoms with E-state index in [0.29, 0.717) is 29.9 Å². The molecule has 1 N–H and O–H groups in total. The van der Waals surface area contributed by atoms with Crippen molar-refractivity contribution < 1.29 is 9.18 Å². The SMILES string of the molecule is CC(C)C(CNC(=O)c1ccc(Cl)c(F)c1)C(C)C. The van der Waals surface area contributed by atoms with Crippen LogP contribution >= 0.6 is 11.6 Å². The molecule has 0 spiro atoms. The molecule has 1 amide bonds. The summed E-state index contributed by atoms with van der Waals surface area (Å²) >= 11 is 5.59. The second-order valence-corrected chi connectivity index (χ2v) is 5.90. The van der Waals surface area contributed by atoms with Crippen molar-refractivity contribution in [3.05, 3.63) is 34.6 Å². The van der Waals surface area contributed by atoms with E-state index in [1.54, 1.807) is 0 Å². The Morgan fingerprint density at radius 1 is 1.26 bits per heavy atom. The van der Waals surface area contributed by atoms with Crippen LogP contribution in [-0.2, 0) is 0 Å². The molecule has 0 radical (unpaired) electrons. The molecular weight excluding hydrogens is 265 g/mol. The third-order valence-electron chi connectivity index (χ3n) is 3.39. The first-order valence-electron chi connectivity index (χ1n) is 6.56. The lowest BCUT2D eigenvalue weighted by Crippen LogP contribution is -2.33. The molecule has 4 heteroatoms. The van der Waals surface area contributed by atoms with Gasteiger partial charge in [-0.3, -0.25) is 4.79 Å². The summed E-state index contributed by atoms with van der Waals surface area (Å²) in [5.41, 5.74) is 0.299. The van der Waals surface area contributed by atoms with Crippen LogP contribution in [0.25, 0.3) is 0 Å². The highest BCUT2D eigenvalue weighted by Gasteiger charge is 2.18. The number of carbonyl (C=O) groups is 1. The van der Waals surface area contributed by atoms with Crippen molar-refractivity contribution in [2.75, 3.05) is 6.54 Å². The number of amides is 1. The van der Waals surface area contributed by atoms with Gasteiger partial charge in [0.2, 0.25) is 0 Å². The number of hydrogen-bond acceptors (Lipinski definition) is 1. The third-order valence-corrected chi connectivity index (χ3v) is 3.70. The van der Waals surface area contributed by atoms with Crippen molar-refractivity contribution in [3.63, 3.8) is 0 Å². The van der Waals surface area contributed by atoms with E-state index in [2.05, 4.69) is 33.0 Å². The molecule has 0 bridgehead atoms. The van der Waals surface area contributed by atoms with Gasteiger partial charge in [0.25, 0.3) is 5.91 Å². The standard InChI is InChI=1S/C15H21ClFNO/c1-9(2)12(10(3)4)8-18-15(19)11-5-6-13(16)14(17)7-11/h5-7,9-10,12H,8H2,1-4H3,(H,18,19). The van der Waals surface area contributed by atoms with Gasteiger partial charge in [0, 0.05) is 12.1 Å². The van der Waals surface area contributed by atoms with Gasteiger partial charge >= 0.3 is 0 Å². The zero-order valence-corrected chi connectivity index (χ0v) is 12.6. The summed E-state index contributed by atoms with van der Waals surface area (Å²) < 4.78 is 13.3. The van der Waals surface area contributed by atoms with E-state index >= 15 is 0 Å². The lowest BCUT2D eigenvalue weighted by atomic mass is 9.85. The molecule has 0 saturated heterocycles. The summed E-state index contributed by atoms with van der Waals surface area (Å²) in [6.07, 6.45) is 0. The highest BCUT2D eigenvalue weighted by Crippen LogP contribution is 2.20. The van der Waals surface area contributed by atoms with Gasteiger partial charge in [0.15, 0.2) is 0 Å². The van der Waals surface area contributed by atoms with Crippen LogP contribution in [-0.4, -0.2) is 12.5 Å². The molecule has 0 saturated carbocycles. The quantitative estimate of drug-likeness (QED) is 0.866. The molecule has 1 aromatic rings. The summed E-state index contributed by atoms with van der Waals surface area (Å²) in [7, 11) is 0. The highest BCUT2D eigenvalue weighted by molar-refractivity contribution is 6.30. The number of benzene rings is 1. The molecule has 1 rings (SSSR count). The molecule has 2 nitrogen and oxygen atoms in total. The zero-order valence-electron chi connectivity index (χ0n) is 11.8. The van der Waals surface area contributed by atoms with Crippen molar-refractivity contribution in [2.45, 2.75) is 27.7 Å². The predicted molar refractivity (Wildman–Crippen MR) is 76.9 cm³/mol. The monoisotopic (exact) mass is 285 g/mol. The molecule has 19 heavy (non-hydrogen) atoms. The van der Waals surface area contributed by atoms with Crippen molar-refractivity contribution in [1.82, 2.24) is 5.32 Å². The fraction of sp³-hybridized carbons (Fsp3) is 0.533. The van der Waals surface area contributed by atoms with Crippen molar-refractivity contribution in [2.24, 2.45) is 17.8 Å². The Labute approximate surface area is 119 Å². The summed E-state index contributed by atoms with van der Waals surface area (Å²) in [4.78, 5) is 11.9. The Morgan fingerprint density at radius 3 is 2.32 bits per heavy atom. The number of rotatable bonds is 5. The van der Waals surface area contributed by atoms with Crippen LogP contribution in [0.1, 0.15) is 38.1 Å². The molecule has 0 unspecified atom stereocenters. The molecule has 106 valence electrons. The van der Waals surface area contributed by atoms with E-state index < -0.39 is 5.82 Å². The van der Waals surface area contributed by atoms with E-state index in [1.165, 1.54) is 12.1 Å². The summed E-state index contributed by atoms with van der Waals surface area (Å²) in [6.45, 7) is 9.15. The fourth-order valence-electron chi connectivity index (χ4n) is 2.19. The molecular formula is C15H21ClFNO. The molecule has 0 aliphatic heterocycles. The van der Waals surface area contributed by atoms with Gasteiger partial charge in [0.05, 0.1) is 5.02 Å². The topological polar surface area (TPSA) is 29.1 Å². The van der Waals surface area contributed by atoms with E-state index in [4.69, 9.17) is 11.6 Å². The molecule has 0 aliphatic carbocycles. The summed E-state index contributed by atoms with van der Waals surface area (Å²) in [5, 5.41) is 2.89. The maximum absolute atomic E-state index is 13.3. The van der Waals surface area contributed by atoms with Crippen molar-refractivity contribution in [3.8, 4) is 0 Å². The van der Waals surface area contributed by atoms with Crippen LogP contribution in [0.5, 0.6) is 0 Å². The average molecular weight is 286 g/mol.